The van der Waals surface area contributed by atoms with Gasteiger partial charge in [0.1, 0.15) is 0 Å². The first-order chi connectivity index (χ1) is 7.66. The van der Waals surface area contributed by atoms with Crippen LogP contribution in [0.1, 0.15) is 11.3 Å². The molecule has 0 saturated heterocycles. The normalized spacial score (nSPS) is 11.2. The van der Waals surface area contributed by atoms with Crippen molar-refractivity contribution in [2.45, 2.75) is 6.92 Å². The maximum Gasteiger partial charge on any atom is 0.0772 e. The number of hydrogen-bond donors (Lipinski definition) is 0. The Morgan fingerprint density at radius 1 is 1.31 bits per heavy atom. The number of aryl methyl sites for hydroxylation is 2. The van der Waals surface area contributed by atoms with Gasteiger partial charge in [-0.1, -0.05) is 6.07 Å². The molecule has 0 saturated carbocycles. The molecule has 0 unspecified atom stereocenters. The highest BCUT2D eigenvalue weighted by molar-refractivity contribution is 9.10. The van der Waals surface area contributed by atoms with Gasteiger partial charge in [0.15, 0.2) is 0 Å². The van der Waals surface area contributed by atoms with Crippen molar-refractivity contribution in [2.75, 3.05) is 0 Å². The van der Waals surface area contributed by atoms with Crippen LogP contribution < -0.4 is 0 Å². The first-order valence-corrected chi connectivity index (χ1v) is 5.87. The van der Waals surface area contributed by atoms with Gasteiger partial charge in [0.25, 0.3) is 0 Å². The predicted octanol–water partition coefficient (Wildman–Crippen LogP) is 3.85. The third-order valence-electron chi connectivity index (χ3n) is 2.42. The van der Waals surface area contributed by atoms with E-state index in [1.807, 2.05) is 42.2 Å². The van der Waals surface area contributed by atoms with Crippen LogP contribution in [0.25, 0.3) is 0 Å². The molecule has 82 valence electrons. The maximum atomic E-state index is 4.46. The van der Waals surface area contributed by atoms with Gasteiger partial charge in [-0.25, -0.2) is 0 Å². The van der Waals surface area contributed by atoms with Crippen LogP contribution >= 0.6 is 15.9 Å². The second-order valence-electron chi connectivity index (χ2n) is 3.76. The number of aromatic nitrogens is 1. The fourth-order valence-electron chi connectivity index (χ4n) is 1.46. The fourth-order valence-corrected chi connectivity index (χ4v) is 2.06. The summed E-state index contributed by atoms with van der Waals surface area (Å²) in [6, 6.07) is 10.2. The molecule has 16 heavy (non-hydrogen) atoms. The highest BCUT2D eigenvalue weighted by atomic mass is 79.9. The standard InChI is InChI=1S/C13H13BrN2/c1-10-5-6-13(12(14)8-10)15-9-11-4-3-7-16(11)2/h3-9H,1-2H3. The number of halogens is 1. The number of hydrogen-bond acceptors (Lipinski definition) is 1. The smallest absolute Gasteiger partial charge is 0.0772 e. The molecule has 1 heterocycles. The number of aliphatic imine (C=N–C) groups is 1. The van der Waals surface area contributed by atoms with E-state index in [1.165, 1.54) is 5.56 Å². The van der Waals surface area contributed by atoms with Crippen LogP contribution in [0.4, 0.5) is 5.69 Å². The molecule has 0 aliphatic rings. The van der Waals surface area contributed by atoms with Crippen LogP contribution in [-0.2, 0) is 7.05 Å². The first-order valence-electron chi connectivity index (χ1n) is 5.08. The number of rotatable bonds is 2. The molecule has 0 N–H and O–H groups in total. The lowest BCUT2D eigenvalue weighted by Gasteiger charge is -2.00. The average molecular weight is 277 g/mol. The molecule has 0 aliphatic carbocycles. The highest BCUT2D eigenvalue weighted by Gasteiger charge is 1.97. The molecule has 2 rings (SSSR count). The van der Waals surface area contributed by atoms with Gasteiger partial charge in [-0.05, 0) is 52.7 Å². The average Bonchev–Trinajstić information content (AvgIpc) is 2.63. The largest absolute Gasteiger partial charge is 0.350 e. The number of nitrogens with zero attached hydrogens (tertiary/aromatic N) is 2. The van der Waals surface area contributed by atoms with Crippen molar-refractivity contribution in [3.63, 3.8) is 0 Å². The maximum absolute atomic E-state index is 4.46. The van der Waals surface area contributed by atoms with E-state index in [4.69, 9.17) is 0 Å². The van der Waals surface area contributed by atoms with Crippen LogP contribution in [0.2, 0.25) is 0 Å². The second-order valence-corrected chi connectivity index (χ2v) is 4.61. The summed E-state index contributed by atoms with van der Waals surface area (Å²) in [7, 11) is 2.01. The Labute approximate surface area is 104 Å². The highest BCUT2D eigenvalue weighted by Crippen LogP contribution is 2.25. The molecule has 0 spiro atoms. The van der Waals surface area contributed by atoms with Gasteiger partial charge >= 0.3 is 0 Å². The molecule has 0 fully saturated rings. The minimum absolute atomic E-state index is 0.951. The molecule has 0 amide bonds. The third-order valence-corrected chi connectivity index (χ3v) is 3.06. The van der Waals surface area contributed by atoms with Crippen molar-refractivity contribution in [2.24, 2.45) is 12.0 Å². The number of benzene rings is 1. The lowest BCUT2D eigenvalue weighted by atomic mass is 10.2. The van der Waals surface area contributed by atoms with E-state index in [-0.39, 0.29) is 0 Å². The Morgan fingerprint density at radius 3 is 2.75 bits per heavy atom. The summed E-state index contributed by atoms with van der Waals surface area (Å²) >= 11 is 3.51. The van der Waals surface area contributed by atoms with E-state index < -0.39 is 0 Å². The van der Waals surface area contributed by atoms with Gasteiger partial charge in [-0.3, -0.25) is 4.99 Å². The van der Waals surface area contributed by atoms with E-state index in [0.29, 0.717) is 0 Å². The zero-order valence-electron chi connectivity index (χ0n) is 9.31. The third kappa shape index (κ3) is 2.42. The van der Waals surface area contributed by atoms with Crippen LogP contribution in [0.5, 0.6) is 0 Å². The molecule has 3 heteroatoms. The van der Waals surface area contributed by atoms with E-state index in [9.17, 15) is 0 Å². The van der Waals surface area contributed by atoms with Gasteiger partial charge < -0.3 is 4.57 Å². The Bertz CT molecular complexity index is 526. The monoisotopic (exact) mass is 276 g/mol. The molecule has 1 aromatic carbocycles. The lowest BCUT2D eigenvalue weighted by molar-refractivity contribution is 0.918. The Hall–Kier alpha value is -1.35. The summed E-state index contributed by atoms with van der Waals surface area (Å²) < 4.78 is 3.06. The van der Waals surface area contributed by atoms with Crippen molar-refractivity contribution in [3.05, 3.63) is 52.3 Å². The van der Waals surface area contributed by atoms with Crippen molar-refractivity contribution in [1.29, 1.82) is 0 Å². The van der Waals surface area contributed by atoms with E-state index >= 15 is 0 Å². The molecule has 0 bridgehead atoms. The second kappa shape index (κ2) is 4.66. The van der Waals surface area contributed by atoms with Crippen LogP contribution in [0, 0.1) is 6.92 Å². The van der Waals surface area contributed by atoms with Crippen LogP contribution in [0.3, 0.4) is 0 Å². The molecule has 0 radical (unpaired) electrons. The molecule has 0 atom stereocenters. The summed E-state index contributed by atoms with van der Waals surface area (Å²) in [6.45, 7) is 2.06. The van der Waals surface area contributed by atoms with E-state index in [1.54, 1.807) is 0 Å². The predicted molar refractivity (Wildman–Crippen MR) is 71.5 cm³/mol. The summed E-state index contributed by atoms with van der Waals surface area (Å²) in [5.41, 5.74) is 3.27. The summed E-state index contributed by atoms with van der Waals surface area (Å²) in [5, 5.41) is 0. The van der Waals surface area contributed by atoms with Crippen LogP contribution in [0.15, 0.2) is 46.0 Å². The topological polar surface area (TPSA) is 17.3 Å². The van der Waals surface area contributed by atoms with E-state index in [2.05, 4.69) is 40.0 Å². The van der Waals surface area contributed by atoms with Crippen molar-refractivity contribution >= 4 is 27.8 Å². The van der Waals surface area contributed by atoms with Crippen LogP contribution in [-0.4, -0.2) is 10.8 Å². The summed E-state index contributed by atoms with van der Waals surface area (Å²) in [5.74, 6) is 0. The Balaban J connectivity index is 2.27. The zero-order valence-corrected chi connectivity index (χ0v) is 10.9. The first kappa shape index (κ1) is 11.1. The summed E-state index contributed by atoms with van der Waals surface area (Å²) in [6.07, 6.45) is 3.88. The SMILES string of the molecule is Cc1ccc(N=Cc2cccn2C)c(Br)c1. The quantitative estimate of drug-likeness (QED) is 0.742. The Morgan fingerprint density at radius 2 is 2.12 bits per heavy atom. The molecule has 2 aromatic rings. The Kier molecular flexibility index (Phi) is 3.25. The van der Waals surface area contributed by atoms with Gasteiger partial charge in [0.2, 0.25) is 0 Å². The zero-order chi connectivity index (χ0) is 11.5. The minimum Gasteiger partial charge on any atom is -0.350 e. The molecular formula is C13H13BrN2. The van der Waals surface area contributed by atoms with E-state index in [0.717, 1.165) is 15.9 Å². The van der Waals surface area contributed by atoms with Crippen molar-refractivity contribution in [1.82, 2.24) is 4.57 Å². The van der Waals surface area contributed by atoms with Crippen molar-refractivity contribution in [3.8, 4) is 0 Å². The summed E-state index contributed by atoms with van der Waals surface area (Å²) in [4.78, 5) is 4.46. The molecule has 2 nitrogen and oxygen atoms in total. The van der Waals surface area contributed by atoms with Gasteiger partial charge in [-0.2, -0.15) is 0 Å². The van der Waals surface area contributed by atoms with Gasteiger partial charge in [-0.15, -0.1) is 0 Å². The minimum atomic E-state index is 0.951. The van der Waals surface area contributed by atoms with Gasteiger partial charge in [0, 0.05) is 17.7 Å². The molecule has 1 aromatic heterocycles. The fraction of sp³-hybridized carbons (Fsp3) is 0.154. The van der Waals surface area contributed by atoms with Gasteiger partial charge in [0.05, 0.1) is 17.6 Å². The van der Waals surface area contributed by atoms with Crippen molar-refractivity contribution < 1.29 is 0 Å². The molecule has 0 aliphatic heterocycles. The lowest BCUT2D eigenvalue weighted by Crippen LogP contribution is -1.91. The molecular weight excluding hydrogens is 264 g/mol.